The van der Waals surface area contributed by atoms with E-state index < -0.39 is 17.7 Å². The number of carbonyl (C=O) groups is 1. The molecule has 1 unspecified atom stereocenters. The van der Waals surface area contributed by atoms with Gasteiger partial charge >= 0.3 is 0 Å². The number of halogens is 2. The Morgan fingerprint density at radius 1 is 1.27 bits per heavy atom. The van der Waals surface area contributed by atoms with Crippen molar-refractivity contribution in [3.8, 4) is 0 Å². The smallest absolute Gasteiger partial charge is 0.274 e. The summed E-state index contributed by atoms with van der Waals surface area (Å²) in [6.45, 7) is 7.83. The van der Waals surface area contributed by atoms with Crippen molar-refractivity contribution in [2.45, 2.75) is 58.0 Å². The molecule has 0 radical (unpaired) electrons. The Morgan fingerprint density at radius 3 is 2.50 bits per heavy atom. The first-order valence-electron chi connectivity index (χ1n) is 8.92. The maximum atomic E-state index is 14.1. The van der Waals surface area contributed by atoms with E-state index in [2.05, 4.69) is 25.9 Å². The molecule has 26 heavy (non-hydrogen) atoms. The topological polar surface area (TPSA) is 38.1 Å². The van der Waals surface area contributed by atoms with Crippen molar-refractivity contribution in [1.82, 2.24) is 14.7 Å². The van der Waals surface area contributed by atoms with Crippen molar-refractivity contribution in [2.24, 2.45) is 0 Å². The van der Waals surface area contributed by atoms with Gasteiger partial charge in [-0.25, -0.2) is 8.78 Å². The third-order valence-corrected chi connectivity index (χ3v) is 4.90. The molecule has 1 amide bonds. The van der Waals surface area contributed by atoms with Crippen molar-refractivity contribution in [2.75, 3.05) is 7.05 Å². The first-order chi connectivity index (χ1) is 12.1. The first-order valence-corrected chi connectivity index (χ1v) is 8.92. The monoisotopic (exact) mass is 361 g/mol. The highest BCUT2D eigenvalue weighted by Gasteiger charge is 2.33. The Balaban J connectivity index is 1.90. The minimum absolute atomic E-state index is 0.151. The summed E-state index contributed by atoms with van der Waals surface area (Å²) in [5, 5.41) is 4.54. The summed E-state index contributed by atoms with van der Waals surface area (Å²) in [5.41, 5.74) is 1.33. The Hall–Kier alpha value is -2.24. The van der Waals surface area contributed by atoms with Crippen LogP contribution in [-0.4, -0.2) is 27.6 Å². The fourth-order valence-electron chi connectivity index (χ4n) is 3.11. The second-order valence-electron chi connectivity index (χ2n) is 8.07. The number of carbonyl (C=O) groups excluding carboxylic acids is 1. The van der Waals surface area contributed by atoms with E-state index in [0.29, 0.717) is 11.6 Å². The lowest BCUT2D eigenvalue weighted by molar-refractivity contribution is 0.0732. The largest absolute Gasteiger partial charge is 0.333 e. The second-order valence-corrected chi connectivity index (χ2v) is 8.07. The normalized spacial score (nSPS) is 15.8. The number of aromatic nitrogens is 2. The fraction of sp³-hybridized carbons (Fsp3) is 0.500. The standard InChI is InChI=1S/C20H25F2N3O/c1-12(15-10-14(21)8-9-16(15)22)24(5)19(26)17-11-18(13-6-7-13)25(23-17)20(2,3)4/h8-13H,6-7H2,1-5H3. The molecule has 1 heterocycles. The summed E-state index contributed by atoms with van der Waals surface area (Å²) in [4.78, 5) is 14.3. The molecule has 1 saturated carbocycles. The van der Waals surface area contributed by atoms with Crippen LogP contribution in [0, 0.1) is 11.6 Å². The molecule has 1 aromatic heterocycles. The summed E-state index contributed by atoms with van der Waals surface area (Å²) in [5.74, 6) is -0.905. The van der Waals surface area contributed by atoms with Gasteiger partial charge in [0.05, 0.1) is 11.6 Å². The zero-order chi connectivity index (χ0) is 19.2. The number of rotatable bonds is 4. The third kappa shape index (κ3) is 3.50. The van der Waals surface area contributed by atoms with Gasteiger partial charge in [0.15, 0.2) is 5.69 Å². The zero-order valence-electron chi connectivity index (χ0n) is 15.9. The van der Waals surface area contributed by atoms with Crippen LogP contribution < -0.4 is 0 Å². The number of benzene rings is 1. The van der Waals surface area contributed by atoms with Crippen LogP contribution in [0.4, 0.5) is 8.78 Å². The lowest BCUT2D eigenvalue weighted by Gasteiger charge is -2.25. The van der Waals surface area contributed by atoms with Gasteiger partial charge in [0.25, 0.3) is 5.91 Å². The van der Waals surface area contributed by atoms with Crippen molar-refractivity contribution >= 4 is 5.91 Å². The van der Waals surface area contributed by atoms with Crippen molar-refractivity contribution in [3.63, 3.8) is 0 Å². The van der Waals surface area contributed by atoms with E-state index in [0.717, 1.165) is 36.7 Å². The second kappa shape index (κ2) is 6.49. The minimum Gasteiger partial charge on any atom is -0.333 e. The van der Waals surface area contributed by atoms with Gasteiger partial charge in [-0.2, -0.15) is 5.10 Å². The van der Waals surface area contributed by atoms with E-state index in [1.165, 1.54) is 4.90 Å². The van der Waals surface area contributed by atoms with Crippen LogP contribution in [0.5, 0.6) is 0 Å². The molecule has 1 aliphatic rings. The van der Waals surface area contributed by atoms with Gasteiger partial charge in [-0.1, -0.05) is 0 Å². The summed E-state index contributed by atoms with van der Waals surface area (Å²) < 4.78 is 29.5. The van der Waals surface area contributed by atoms with E-state index in [9.17, 15) is 13.6 Å². The summed E-state index contributed by atoms with van der Waals surface area (Å²) in [6, 6.07) is 4.52. The molecular weight excluding hydrogens is 336 g/mol. The number of hydrogen-bond donors (Lipinski definition) is 0. The Bertz CT molecular complexity index is 834. The molecule has 1 aliphatic carbocycles. The summed E-state index contributed by atoms with van der Waals surface area (Å²) in [7, 11) is 1.59. The molecule has 0 bridgehead atoms. The number of hydrogen-bond acceptors (Lipinski definition) is 2. The van der Waals surface area contributed by atoms with E-state index in [1.54, 1.807) is 14.0 Å². The van der Waals surface area contributed by atoms with Crippen LogP contribution >= 0.6 is 0 Å². The van der Waals surface area contributed by atoms with E-state index >= 15 is 0 Å². The quantitative estimate of drug-likeness (QED) is 0.796. The SMILES string of the molecule is CC(c1cc(F)ccc1F)N(C)C(=O)c1cc(C2CC2)n(C(C)(C)C)n1. The molecule has 6 heteroatoms. The fourth-order valence-corrected chi connectivity index (χ4v) is 3.11. The number of amides is 1. The van der Waals surface area contributed by atoms with Gasteiger partial charge in [0.1, 0.15) is 11.6 Å². The highest BCUT2D eigenvalue weighted by molar-refractivity contribution is 5.92. The minimum atomic E-state index is -0.609. The van der Waals surface area contributed by atoms with Gasteiger partial charge in [0, 0.05) is 24.2 Å². The van der Waals surface area contributed by atoms with Crippen LogP contribution in [0.25, 0.3) is 0 Å². The average Bonchev–Trinajstić information content (AvgIpc) is 3.32. The van der Waals surface area contributed by atoms with Crippen molar-refractivity contribution < 1.29 is 13.6 Å². The molecule has 0 saturated heterocycles. The van der Waals surface area contributed by atoms with Crippen LogP contribution in [0.3, 0.4) is 0 Å². The molecule has 140 valence electrons. The van der Waals surface area contributed by atoms with Gasteiger partial charge < -0.3 is 4.90 Å². The highest BCUT2D eigenvalue weighted by atomic mass is 19.1. The number of nitrogens with zero attached hydrogens (tertiary/aromatic N) is 3. The van der Waals surface area contributed by atoms with Crippen LogP contribution in [0.15, 0.2) is 24.3 Å². The van der Waals surface area contributed by atoms with Crippen molar-refractivity contribution in [3.05, 3.63) is 52.9 Å². The molecule has 3 rings (SSSR count). The predicted octanol–water partition coefficient (Wildman–Crippen LogP) is 4.63. The first kappa shape index (κ1) is 18.5. The molecule has 2 aromatic rings. The van der Waals surface area contributed by atoms with Crippen LogP contribution in [-0.2, 0) is 5.54 Å². The van der Waals surface area contributed by atoms with E-state index in [-0.39, 0.29) is 17.0 Å². The van der Waals surface area contributed by atoms with Gasteiger partial charge in [0.2, 0.25) is 0 Å². The molecule has 1 aromatic carbocycles. The lowest BCUT2D eigenvalue weighted by atomic mass is 10.1. The van der Waals surface area contributed by atoms with Crippen LogP contribution in [0.1, 0.15) is 74.2 Å². The summed E-state index contributed by atoms with van der Waals surface area (Å²) >= 11 is 0. The average molecular weight is 361 g/mol. The molecule has 0 N–H and O–H groups in total. The third-order valence-electron chi connectivity index (χ3n) is 4.90. The summed E-state index contributed by atoms with van der Waals surface area (Å²) in [6.07, 6.45) is 2.21. The van der Waals surface area contributed by atoms with Gasteiger partial charge in [-0.3, -0.25) is 9.48 Å². The van der Waals surface area contributed by atoms with E-state index in [4.69, 9.17) is 0 Å². The Morgan fingerprint density at radius 2 is 1.92 bits per heavy atom. The molecule has 0 aliphatic heterocycles. The predicted molar refractivity (Wildman–Crippen MR) is 96.1 cm³/mol. The Labute approximate surface area is 152 Å². The van der Waals surface area contributed by atoms with E-state index in [1.807, 2.05) is 10.7 Å². The maximum absolute atomic E-state index is 14.1. The lowest BCUT2D eigenvalue weighted by Crippen LogP contribution is -2.31. The molecule has 1 fully saturated rings. The zero-order valence-corrected chi connectivity index (χ0v) is 15.9. The molecule has 1 atom stereocenters. The molecule has 4 nitrogen and oxygen atoms in total. The highest BCUT2D eigenvalue weighted by Crippen LogP contribution is 2.42. The molecule has 0 spiro atoms. The van der Waals surface area contributed by atoms with Crippen LogP contribution in [0.2, 0.25) is 0 Å². The van der Waals surface area contributed by atoms with Crippen molar-refractivity contribution in [1.29, 1.82) is 0 Å². The maximum Gasteiger partial charge on any atom is 0.274 e. The van der Waals surface area contributed by atoms with Gasteiger partial charge in [-0.15, -0.1) is 0 Å². The molecular formula is C20H25F2N3O. The van der Waals surface area contributed by atoms with Gasteiger partial charge in [-0.05, 0) is 64.8 Å². The Kier molecular flexibility index (Phi) is 4.63.